The Morgan fingerprint density at radius 2 is 2.15 bits per heavy atom. The third kappa shape index (κ3) is 3.42. The molecule has 1 aromatic carbocycles. The van der Waals surface area contributed by atoms with Crippen molar-refractivity contribution in [3.8, 4) is 11.5 Å². The molecule has 110 valence electrons. The van der Waals surface area contributed by atoms with E-state index < -0.39 is 0 Å². The van der Waals surface area contributed by atoms with Gasteiger partial charge >= 0.3 is 0 Å². The van der Waals surface area contributed by atoms with Crippen LogP contribution in [0.1, 0.15) is 30.1 Å². The summed E-state index contributed by atoms with van der Waals surface area (Å²) >= 11 is 0. The Kier molecular flexibility index (Phi) is 4.84. The highest BCUT2D eigenvalue weighted by Gasteiger charge is 2.23. The van der Waals surface area contributed by atoms with Crippen LogP contribution in [0.25, 0.3) is 0 Å². The first-order chi connectivity index (χ1) is 9.61. The number of carbonyl (C=O) groups is 1. The Balaban J connectivity index is 2.00. The first-order valence-electron chi connectivity index (χ1n) is 6.87. The van der Waals surface area contributed by atoms with Crippen molar-refractivity contribution < 1.29 is 19.4 Å². The molecule has 0 radical (unpaired) electrons. The molecule has 0 spiro atoms. The molecule has 2 rings (SSSR count). The third-order valence-electron chi connectivity index (χ3n) is 3.78. The van der Waals surface area contributed by atoms with Gasteiger partial charge in [0.25, 0.3) is 5.91 Å². The molecule has 5 heteroatoms. The van der Waals surface area contributed by atoms with E-state index in [9.17, 15) is 9.90 Å². The Morgan fingerprint density at radius 3 is 2.75 bits per heavy atom. The number of rotatable bonds is 4. The summed E-state index contributed by atoms with van der Waals surface area (Å²) in [5.74, 6) is 0.620. The van der Waals surface area contributed by atoms with Gasteiger partial charge in [0.2, 0.25) is 0 Å². The molecular weight excluding hydrogens is 258 g/mol. The average molecular weight is 279 g/mol. The molecule has 1 saturated heterocycles. The topological polar surface area (TPSA) is 67.8 Å². The lowest BCUT2D eigenvalue weighted by Crippen LogP contribution is -2.40. The van der Waals surface area contributed by atoms with Gasteiger partial charge in [0.1, 0.15) is 11.5 Å². The van der Waals surface area contributed by atoms with Crippen LogP contribution in [-0.2, 0) is 4.74 Å². The molecule has 1 heterocycles. The molecule has 0 aliphatic carbocycles. The number of amides is 1. The maximum absolute atomic E-state index is 12.2. The molecular formula is C15H21NO4. The second kappa shape index (κ2) is 6.61. The minimum Gasteiger partial charge on any atom is -0.507 e. The van der Waals surface area contributed by atoms with Crippen LogP contribution in [0.15, 0.2) is 18.2 Å². The number of aromatic hydroxyl groups is 1. The Labute approximate surface area is 118 Å². The second-order valence-corrected chi connectivity index (χ2v) is 5.10. The van der Waals surface area contributed by atoms with Gasteiger partial charge in [0, 0.05) is 25.3 Å². The van der Waals surface area contributed by atoms with Crippen LogP contribution in [0.2, 0.25) is 0 Å². The summed E-state index contributed by atoms with van der Waals surface area (Å²) in [5, 5.41) is 12.8. The number of nitrogens with one attached hydrogen (secondary N) is 1. The normalized spacial score (nSPS) is 17.5. The Bertz CT molecular complexity index is 469. The number of carbonyl (C=O) groups excluding carboxylic acids is 1. The molecule has 1 aliphatic heterocycles. The fraction of sp³-hybridized carbons (Fsp3) is 0.533. The van der Waals surface area contributed by atoms with Crippen LogP contribution in [0.4, 0.5) is 0 Å². The van der Waals surface area contributed by atoms with E-state index in [1.165, 1.54) is 13.2 Å². The van der Waals surface area contributed by atoms with Crippen LogP contribution >= 0.6 is 0 Å². The van der Waals surface area contributed by atoms with E-state index >= 15 is 0 Å². The van der Waals surface area contributed by atoms with E-state index in [1.54, 1.807) is 12.1 Å². The van der Waals surface area contributed by atoms with Crippen molar-refractivity contribution in [1.29, 1.82) is 0 Å². The molecule has 1 amide bonds. The summed E-state index contributed by atoms with van der Waals surface area (Å²) in [4.78, 5) is 12.2. The molecule has 0 bridgehead atoms. The summed E-state index contributed by atoms with van der Waals surface area (Å²) in [7, 11) is 1.52. The van der Waals surface area contributed by atoms with Crippen molar-refractivity contribution in [3.05, 3.63) is 23.8 Å². The summed E-state index contributed by atoms with van der Waals surface area (Å²) < 4.78 is 10.3. The van der Waals surface area contributed by atoms with Crippen molar-refractivity contribution in [2.24, 2.45) is 5.92 Å². The van der Waals surface area contributed by atoms with Crippen LogP contribution in [0.5, 0.6) is 11.5 Å². The van der Waals surface area contributed by atoms with E-state index in [-0.39, 0.29) is 23.3 Å². The van der Waals surface area contributed by atoms with Crippen LogP contribution < -0.4 is 10.1 Å². The second-order valence-electron chi connectivity index (χ2n) is 5.10. The van der Waals surface area contributed by atoms with Crippen molar-refractivity contribution in [3.63, 3.8) is 0 Å². The zero-order valence-corrected chi connectivity index (χ0v) is 11.9. The average Bonchev–Trinajstić information content (AvgIpc) is 2.47. The zero-order valence-electron chi connectivity index (χ0n) is 11.9. The molecule has 0 saturated carbocycles. The first kappa shape index (κ1) is 14.7. The molecule has 1 fully saturated rings. The molecule has 1 atom stereocenters. The molecule has 2 N–H and O–H groups in total. The molecule has 1 aromatic rings. The number of phenols is 1. The highest BCUT2D eigenvalue weighted by atomic mass is 16.5. The highest BCUT2D eigenvalue weighted by molar-refractivity contribution is 5.97. The first-order valence-corrected chi connectivity index (χ1v) is 6.87. The van der Waals surface area contributed by atoms with Crippen molar-refractivity contribution in [1.82, 2.24) is 5.32 Å². The molecule has 5 nitrogen and oxygen atoms in total. The highest BCUT2D eigenvalue weighted by Crippen LogP contribution is 2.24. The van der Waals surface area contributed by atoms with Gasteiger partial charge in [-0.15, -0.1) is 0 Å². The maximum atomic E-state index is 12.2. The fourth-order valence-corrected chi connectivity index (χ4v) is 2.45. The Hall–Kier alpha value is -1.75. The number of ether oxygens (including phenoxy) is 2. The van der Waals surface area contributed by atoms with Gasteiger partial charge < -0.3 is 19.9 Å². The van der Waals surface area contributed by atoms with E-state index in [2.05, 4.69) is 5.32 Å². The van der Waals surface area contributed by atoms with Crippen LogP contribution in [0, 0.1) is 5.92 Å². The van der Waals surface area contributed by atoms with Gasteiger partial charge in [0.05, 0.1) is 12.7 Å². The van der Waals surface area contributed by atoms with Crippen molar-refractivity contribution in [2.75, 3.05) is 20.3 Å². The minimum atomic E-state index is -0.260. The number of methoxy groups -OCH3 is 1. The van der Waals surface area contributed by atoms with E-state index in [1.807, 2.05) is 6.92 Å². The predicted octanol–water partition coefficient (Wildman–Crippen LogP) is 1.95. The van der Waals surface area contributed by atoms with Crippen LogP contribution in [0.3, 0.4) is 0 Å². The summed E-state index contributed by atoms with van der Waals surface area (Å²) in [6.07, 6.45) is 1.91. The fourth-order valence-electron chi connectivity index (χ4n) is 2.45. The summed E-state index contributed by atoms with van der Waals surface area (Å²) in [6.45, 7) is 3.49. The van der Waals surface area contributed by atoms with E-state index in [4.69, 9.17) is 9.47 Å². The van der Waals surface area contributed by atoms with E-state index in [0.717, 1.165) is 26.1 Å². The standard InChI is InChI=1S/C15H21NO4/c1-10(11-5-7-20-8-6-11)16-15(18)13-4-3-12(19-2)9-14(13)17/h3-4,9-11,17H,5-8H2,1-2H3,(H,16,18). The minimum absolute atomic E-state index is 0.0629. The van der Waals surface area contributed by atoms with Gasteiger partial charge in [-0.3, -0.25) is 4.79 Å². The number of hydrogen-bond donors (Lipinski definition) is 2. The van der Waals surface area contributed by atoms with Crippen molar-refractivity contribution in [2.45, 2.75) is 25.8 Å². The lowest BCUT2D eigenvalue weighted by molar-refractivity contribution is 0.0538. The maximum Gasteiger partial charge on any atom is 0.255 e. The largest absolute Gasteiger partial charge is 0.507 e. The summed E-state index contributed by atoms with van der Waals surface area (Å²) in [6, 6.07) is 4.73. The van der Waals surface area contributed by atoms with Crippen molar-refractivity contribution >= 4 is 5.91 Å². The van der Waals surface area contributed by atoms with Gasteiger partial charge in [0.15, 0.2) is 0 Å². The van der Waals surface area contributed by atoms with E-state index in [0.29, 0.717) is 11.7 Å². The SMILES string of the molecule is COc1ccc(C(=O)NC(C)C2CCOCC2)c(O)c1. The Morgan fingerprint density at radius 1 is 1.45 bits per heavy atom. The van der Waals surface area contributed by atoms with Gasteiger partial charge in [-0.25, -0.2) is 0 Å². The lowest BCUT2D eigenvalue weighted by Gasteiger charge is -2.28. The van der Waals surface area contributed by atoms with Gasteiger partial charge in [-0.05, 0) is 37.8 Å². The molecule has 1 unspecified atom stereocenters. The monoisotopic (exact) mass is 279 g/mol. The number of benzene rings is 1. The number of phenolic OH excluding ortho intramolecular Hbond substituents is 1. The van der Waals surface area contributed by atoms with Gasteiger partial charge in [-0.2, -0.15) is 0 Å². The quantitative estimate of drug-likeness (QED) is 0.884. The summed E-state index contributed by atoms with van der Waals surface area (Å²) in [5.41, 5.74) is 0.268. The lowest BCUT2D eigenvalue weighted by atomic mass is 9.93. The predicted molar refractivity (Wildman–Crippen MR) is 75.1 cm³/mol. The zero-order chi connectivity index (χ0) is 14.5. The van der Waals surface area contributed by atoms with Gasteiger partial charge in [-0.1, -0.05) is 0 Å². The third-order valence-corrected chi connectivity index (χ3v) is 3.78. The van der Waals surface area contributed by atoms with Crippen LogP contribution in [-0.4, -0.2) is 37.4 Å². The number of hydrogen-bond acceptors (Lipinski definition) is 4. The smallest absolute Gasteiger partial charge is 0.255 e. The molecule has 0 aromatic heterocycles. The molecule has 1 aliphatic rings. The molecule has 20 heavy (non-hydrogen) atoms.